The summed E-state index contributed by atoms with van der Waals surface area (Å²) in [6, 6.07) is 5.35. The zero-order valence-corrected chi connectivity index (χ0v) is 10.8. The highest BCUT2D eigenvalue weighted by atomic mass is 32.2. The summed E-state index contributed by atoms with van der Waals surface area (Å²) < 4.78 is 22.7. The second kappa shape index (κ2) is 4.56. The third kappa shape index (κ3) is 2.91. The number of rotatable bonds is 3. The highest BCUT2D eigenvalue weighted by Crippen LogP contribution is 2.27. The first-order valence-corrected chi connectivity index (χ1v) is 7.72. The first-order chi connectivity index (χ1) is 7.97. The van der Waals surface area contributed by atoms with Crippen LogP contribution in [0.2, 0.25) is 0 Å². The van der Waals surface area contributed by atoms with Crippen molar-refractivity contribution in [3.8, 4) is 0 Å². The summed E-state index contributed by atoms with van der Waals surface area (Å²) in [6.07, 6.45) is 6.00. The highest BCUT2D eigenvalue weighted by molar-refractivity contribution is 7.90. The van der Waals surface area contributed by atoms with Gasteiger partial charge >= 0.3 is 0 Å². The quantitative estimate of drug-likeness (QED) is 0.809. The van der Waals surface area contributed by atoms with Crippen molar-refractivity contribution in [2.24, 2.45) is 0 Å². The van der Waals surface area contributed by atoms with Crippen molar-refractivity contribution in [3.63, 3.8) is 0 Å². The molecule has 0 saturated heterocycles. The van der Waals surface area contributed by atoms with Crippen LogP contribution in [0.15, 0.2) is 23.1 Å². The number of hydrogen-bond donors (Lipinski definition) is 2. The number of sulfone groups is 1. The summed E-state index contributed by atoms with van der Waals surface area (Å²) in [4.78, 5) is 0.270. The lowest BCUT2D eigenvalue weighted by Gasteiger charge is -2.15. The van der Waals surface area contributed by atoms with Crippen LogP contribution in [0.3, 0.4) is 0 Å². The molecule has 0 heterocycles. The minimum atomic E-state index is -3.18. The molecule has 1 saturated carbocycles. The van der Waals surface area contributed by atoms with E-state index in [0.717, 1.165) is 18.5 Å². The molecule has 94 valence electrons. The van der Waals surface area contributed by atoms with E-state index in [0.29, 0.717) is 11.7 Å². The molecule has 17 heavy (non-hydrogen) atoms. The maximum atomic E-state index is 11.4. The fraction of sp³-hybridized carbons (Fsp3) is 0.500. The highest BCUT2D eigenvalue weighted by Gasteiger charge is 2.16. The summed E-state index contributed by atoms with van der Waals surface area (Å²) >= 11 is 0. The molecule has 4 nitrogen and oxygen atoms in total. The van der Waals surface area contributed by atoms with Crippen LogP contribution < -0.4 is 11.1 Å². The van der Waals surface area contributed by atoms with Crippen molar-refractivity contribution in [1.82, 2.24) is 0 Å². The van der Waals surface area contributed by atoms with Crippen molar-refractivity contribution in [2.75, 3.05) is 17.3 Å². The largest absolute Gasteiger partial charge is 0.397 e. The normalized spacial score (nSPS) is 17.2. The van der Waals surface area contributed by atoms with E-state index in [2.05, 4.69) is 5.32 Å². The van der Waals surface area contributed by atoms with Gasteiger partial charge in [-0.3, -0.25) is 0 Å². The van der Waals surface area contributed by atoms with E-state index in [1.165, 1.54) is 25.2 Å². The number of nitrogen functional groups attached to an aromatic ring is 1. The molecule has 0 aromatic heterocycles. The molecule has 0 aliphatic heterocycles. The summed E-state index contributed by atoms with van der Waals surface area (Å²) in [5, 5.41) is 3.37. The molecule has 0 unspecified atom stereocenters. The monoisotopic (exact) mass is 254 g/mol. The van der Waals surface area contributed by atoms with Crippen LogP contribution >= 0.6 is 0 Å². The van der Waals surface area contributed by atoms with Gasteiger partial charge < -0.3 is 11.1 Å². The van der Waals surface area contributed by atoms with Gasteiger partial charge in [0.2, 0.25) is 0 Å². The zero-order chi connectivity index (χ0) is 12.5. The molecule has 0 atom stereocenters. The van der Waals surface area contributed by atoms with Gasteiger partial charge in [-0.2, -0.15) is 0 Å². The van der Waals surface area contributed by atoms with Crippen molar-refractivity contribution in [3.05, 3.63) is 18.2 Å². The third-order valence-corrected chi connectivity index (χ3v) is 4.28. The van der Waals surface area contributed by atoms with Crippen LogP contribution in [0.1, 0.15) is 25.7 Å². The molecule has 0 amide bonds. The predicted octanol–water partition coefficient (Wildman–Crippen LogP) is 2.03. The van der Waals surface area contributed by atoms with Gasteiger partial charge in [0.15, 0.2) is 9.84 Å². The van der Waals surface area contributed by atoms with Crippen LogP contribution in [0.5, 0.6) is 0 Å². The van der Waals surface area contributed by atoms with E-state index in [9.17, 15) is 8.42 Å². The minimum absolute atomic E-state index is 0.270. The van der Waals surface area contributed by atoms with E-state index < -0.39 is 9.84 Å². The van der Waals surface area contributed by atoms with Crippen molar-refractivity contribution < 1.29 is 8.42 Å². The Kier molecular flexibility index (Phi) is 3.28. The first-order valence-electron chi connectivity index (χ1n) is 5.83. The van der Waals surface area contributed by atoms with E-state index in [-0.39, 0.29) is 4.90 Å². The SMILES string of the molecule is CS(=O)(=O)c1ccc(NC2CCCC2)c(N)c1. The second-order valence-electron chi connectivity index (χ2n) is 4.65. The molecule has 1 fully saturated rings. The van der Waals surface area contributed by atoms with E-state index in [1.807, 2.05) is 0 Å². The van der Waals surface area contributed by atoms with E-state index in [1.54, 1.807) is 12.1 Å². The lowest BCUT2D eigenvalue weighted by Crippen LogP contribution is -2.15. The zero-order valence-electron chi connectivity index (χ0n) is 9.94. The van der Waals surface area contributed by atoms with Crippen molar-refractivity contribution in [1.29, 1.82) is 0 Å². The standard InChI is InChI=1S/C12H18N2O2S/c1-17(15,16)10-6-7-12(11(13)8-10)14-9-4-2-3-5-9/h6-9,14H,2-5,13H2,1H3. The van der Waals surface area contributed by atoms with Crippen molar-refractivity contribution >= 4 is 21.2 Å². The molecule has 5 heteroatoms. The Morgan fingerprint density at radius 1 is 1.29 bits per heavy atom. The molecular formula is C12H18N2O2S. The second-order valence-corrected chi connectivity index (χ2v) is 6.66. The molecule has 2 rings (SSSR count). The first kappa shape index (κ1) is 12.2. The number of anilines is 2. The molecule has 0 bridgehead atoms. The van der Waals surface area contributed by atoms with Crippen LogP contribution in [-0.4, -0.2) is 20.7 Å². The average molecular weight is 254 g/mol. The number of nitrogens with one attached hydrogen (secondary N) is 1. The van der Waals surface area contributed by atoms with Gasteiger partial charge in [0.1, 0.15) is 0 Å². The van der Waals surface area contributed by atoms with Crippen molar-refractivity contribution in [2.45, 2.75) is 36.6 Å². The Labute approximate surface area is 102 Å². The van der Waals surface area contributed by atoms with Crippen LogP contribution in [0.4, 0.5) is 11.4 Å². The topological polar surface area (TPSA) is 72.2 Å². The predicted molar refractivity (Wildman–Crippen MR) is 69.8 cm³/mol. The number of nitrogens with two attached hydrogens (primary N) is 1. The molecule has 1 aliphatic rings. The number of benzene rings is 1. The fourth-order valence-electron chi connectivity index (χ4n) is 2.19. The lowest BCUT2D eigenvalue weighted by molar-refractivity contribution is 0.602. The van der Waals surface area contributed by atoms with E-state index >= 15 is 0 Å². The van der Waals surface area contributed by atoms with Gasteiger partial charge in [0.25, 0.3) is 0 Å². The fourth-order valence-corrected chi connectivity index (χ4v) is 2.85. The molecule has 1 aromatic carbocycles. The maximum absolute atomic E-state index is 11.4. The molecular weight excluding hydrogens is 236 g/mol. The minimum Gasteiger partial charge on any atom is -0.397 e. The molecule has 1 aliphatic carbocycles. The summed E-state index contributed by atoms with van der Waals surface area (Å²) in [7, 11) is -3.18. The maximum Gasteiger partial charge on any atom is 0.175 e. The molecule has 1 aromatic rings. The lowest BCUT2D eigenvalue weighted by atomic mass is 10.2. The molecule has 3 N–H and O–H groups in total. The van der Waals surface area contributed by atoms with Gasteiger partial charge in [-0.15, -0.1) is 0 Å². The van der Waals surface area contributed by atoms with Gasteiger partial charge in [0.05, 0.1) is 16.3 Å². The summed E-state index contributed by atoms with van der Waals surface area (Å²) in [5.41, 5.74) is 7.21. The smallest absolute Gasteiger partial charge is 0.175 e. The van der Waals surface area contributed by atoms with Gasteiger partial charge in [-0.25, -0.2) is 8.42 Å². The van der Waals surface area contributed by atoms with Crippen LogP contribution in [0.25, 0.3) is 0 Å². The molecule has 0 radical (unpaired) electrons. The van der Waals surface area contributed by atoms with Crippen LogP contribution in [-0.2, 0) is 9.84 Å². The van der Waals surface area contributed by atoms with Gasteiger partial charge in [0, 0.05) is 12.3 Å². The Hall–Kier alpha value is -1.23. The Morgan fingerprint density at radius 3 is 2.47 bits per heavy atom. The molecule has 0 spiro atoms. The third-order valence-electron chi connectivity index (χ3n) is 3.17. The van der Waals surface area contributed by atoms with E-state index in [4.69, 9.17) is 5.73 Å². The Bertz CT molecular complexity index is 505. The number of hydrogen-bond acceptors (Lipinski definition) is 4. The Balaban J connectivity index is 2.19. The average Bonchev–Trinajstić information content (AvgIpc) is 2.72. The Morgan fingerprint density at radius 2 is 1.94 bits per heavy atom. The summed E-state index contributed by atoms with van der Waals surface area (Å²) in [5.74, 6) is 0. The van der Waals surface area contributed by atoms with Gasteiger partial charge in [-0.05, 0) is 31.0 Å². The van der Waals surface area contributed by atoms with Gasteiger partial charge in [-0.1, -0.05) is 12.8 Å². The summed E-state index contributed by atoms with van der Waals surface area (Å²) in [6.45, 7) is 0. The van der Waals surface area contributed by atoms with Crippen LogP contribution in [0, 0.1) is 0 Å².